The lowest BCUT2D eigenvalue weighted by atomic mass is 9.69. The van der Waals surface area contributed by atoms with Crippen LogP contribution in [-0.2, 0) is 9.59 Å². The maximum Gasteiger partial charge on any atom is 0.404 e. The van der Waals surface area contributed by atoms with Gasteiger partial charge in [-0.25, -0.2) is 0 Å². The quantitative estimate of drug-likeness (QED) is 0.256. The van der Waals surface area contributed by atoms with E-state index in [1.807, 2.05) is 0 Å². The molecule has 3 unspecified atom stereocenters. The second kappa shape index (κ2) is 13.5. The Labute approximate surface area is 244 Å². The van der Waals surface area contributed by atoms with Crippen LogP contribution >= 0.6 is 23.2 Å². The number of piperidine rings is 1. The van der Waals surface area contributed by atoms with Crippen LogP contribution in [0.2, 0.25) is 10.0 Å². The highest BCUT2D eigenvalue weighted by Gasteiger charge is 2.60. The molecule has 3 saturated carbocycles. The largest absolute Gasteiger partial charge is 0.484 e. The van der Waals surface area contributed by atoms with Gasteiger partial charge in [0.1, 0.15) is 11.8 Å². The lowest BCUT2D eigenvalue weighted by molar-refractivity contribution is -0.194. The number of hydrogen-bond donors (Lipinski definition) is 2. The Morgan fingerprint density at radius 2 is 1.82 bits per heavy atom. The van der Waals surface area contributed by atoms with Crippen LogP contribution in [0.1, 0.15) is 71.1 Å². The molecule has 1 saturated heterocycles. The number of likely N-dealkylation sites (tertiary alicyclic amines) is 1. The number of ether oxygens (including phenoxy) is 1. The average molecular weight is 607 g/mol. The highest BCUT2D eigenvalue weighted by atomic mass is 35.5. The van der Waals surface area contributed by atoms with E-state index < -0.39 is 17.6 Å². The molecular weight excluding hydrogens is 566 g/mol. The van der Waals surface area contributed by atoms with Crippen LogP contribution in [0.3, 0.4) is 0 Å². The van der Waals surface area contributed by atoms with Crippen LogP contribution in [0.4, 0.5) is 13.2 Å². The predicted molar refractivity (Wildman–Crippen MR) is 150 cm³/mol. The SMILES string of the molecule is CCCCCCCN1CC(CNC(=O)C23CC(C2)C(NC(=O)COc2ccc(Cl)c(Cl)c2)C3)CCC1C(F)(F)F. The zero-order valence-corrected chi connectivity index (χ0v) is 24.5. The minimum Gasteiger partial charge on any atom is -0.484 e. The van der Waals surface area contributed by atoms with Crippen LogP contribution < -0.4 is 15.4 Å². The number of nitrogens with one attached hydrogen (secondary N) is 2. The Balaban J connectivity index is 1.21. The highest BCUT2D eigenvalue weighted by molar-refractivity contribution is 6.42. The Hall–Kier alpha value is -1.71. The van der Waals surface area contributed by atoms with Gasteiger partial charge in [0.05, 0.1) is 15.5 Å². The molecule has 40 heavy (non-hydrogen) atoms. The summed E-state index contributed by atoms with van der Waals surface area (Å²) in [5.41, 5.74) is -0.505. The summed E-state index contributed by atoms with van der Waals surface area (Å²) < 4.78 is 46.5. The number of halogens is 5. The fourth-order valence-corrected chi connectivity index (χ4v) is 6.94. The van der Waals surface area contributed by atoms with Crippen LogP contribution in [-0.4, -0.2) is 61.2 Å². The highest BCUT2D eigenvalue weighted by Crippen LogP contribution is 2.59. The van der Waals surface area contributed by atoms with Gasteiger partial charge in [-0.05, 0) is 69.0 Å². The van der Waals surface area contributed by atoms with E-state index in [1.165, 1.54) is 0 Å². The van der Waals surface area contributed by atoms with Crippen LogP contribution in [0.5, 0.6) is 5.75 Å². The number of alkyl halides is 3. The first-order chi connectivity index (χ1) is 19.0. The molecule has 3 aliphatic carbocycles. The van der Waals surface area contributed by atoms with Gasteiger partial charge < -0.3 is 15.4 Å². The summed E-state index contributed by atoms with van der Waals surface area (Å²) in [6.07, 6.45) is 3.24. The van der Waals surface area contributed by atoms with Crippen molar-refractivity contribution in [1.29, 1.82) is 0 Å². The molecular formula is C29H40Cl2F3N3O3. The normalized spacial score (nSPS) is 28.1. The number of rotatable bonds is 13. The minimum atomic E-state index is -4.23. The topological polar surface area (TPSA) is 70.7 Å². The van der Waals surface area contributed by atoms with Gasteiger partial charge in [-0.15, -0.1) is 0 Å². The molecule has 11 heteroatoms. The van der Waals surface area contributed by atoms with Crippen molar-refractivity contribution in [3.8, 4) is 5.75 Å². The summed E-state index contributed by atoms with van der Waals surface area (Å²) in [5, 5.41) is 6.79. The van der Waals surface area contributed by atoms with E-state index in [0.717, 1.165) is 32.1 Å². The zero-order chi connectivity index (χ0) is 28.9. The molecule has 4 aliphatic rings. The molecule has 6 nitrogen and oxygen atoms in total. The smallest absolute Gasteiger partial charge is 0.404 e. The van der Waals surface area contributed by atoms with Crippen molar-refractivity contribution in [3.63, 3.8) is 0 Å². The number of hydrogen-bond acceptors (Lipinski definition) is 4. The lowest BCUT2D eigenvalue weighted by Crippen LogP contribution is -2.53. The standard InChI is InChI=1S/C29H40Cl2F3N3O3/c1-2-3-4-5-6-11-37-17-19(7-10-25(37)29(32,33)34)16-35-27(39)28-13-20(14-28)24(15-28)36-26(38)18-40-21-8-9-22(30)23(31)12-21/h8-9,12,19-20,24-25H,2-7,10-11,13-18H2,1H3,(H,35,39)(H,36,38). The second-order valence-corrected chi connectivity index (χ2v) is 12.6. The van der Waals surface area contributed by atoms with E-state index >= 15 is 0 Å². The molecule has 5 rings (SSSR count). The van der Waals surface area contributed by atoms with Crippen molar-refractivity contribution in [1.82, 2.24) is 15.5 Å². The molecule has 1 aromatic carbocycles. The molecule has 2 bridgehead atoms. The van der Waals surface area contributed by atoms with Gasteiger partial charge in [-0.2, -0.15) is 13.2 Å². The summed E-state index contributed by atoms with van der Waals surface area (Å²) in [4.78, 5) is 27.2. The van der Waals surface area contributed by atoms with E-state index in [9.17, 15) is 22.8 Å². The van der Waals surface area contributed by atoms with E-state index in [1.54, 1.807) is 23.1 Å². The van der Waals surface area contributed by atoms with Crippen molar-refractivity contribution >= 4 is 35.0 Å². The third-order valence-electron chi connectivity index (χ3n) is 8.83. The Bertz CT molecular complexity index is 1040. The van der Waals surface area contributed by atoms with E-state index in [-0.39, 0.29) is 42.7 Å². The molecule has 4 fully saturated rings. The Morgan fingerprint density at radius 3 is 2.52 bits per heavy atom. The number of nitrogens with zero attached hydrogens (tertiary/aromatic N) is 1. The van der Waals surface area contributed by atoms with Gasteiger partial charge in [0.2, 0.25) is 5.91 Å². The molecule has 1 heterocycles. The van der Waals surface area contributed by atoms with Crippen molar-refractivity contribution < 1.29 is 27.5 Å². The minimum absolute atomic E-state index is 0.000822. The number of carbonyl (C=O) groups is 2. The lowest BCUT2D eigenvalue weighted by Gasteiger charge is -2.41. The van der Waals surface area contributed by atoms with Gasteiger partial charge >= 0.3 is 6.18 Å². The number of amides is 2. The van der Waals surface area contributed by atoms with E-state index in [4.69, 9.17) is 27.9 Å². The van der Waals surface area contributed by atoms with Gasteiger partial charge in [-0.3, -0.25) is 14.5 Å². The molecule has 3 atom stereocenters. The number of carbonyl (C=O) groups excluding carboxylic acids is 2. The monoisotopic (exact) mass is 605 g/mol. The fraction of sp³-hybridized carbons (Fsp3) is 0.724. The summed E-state index contributed by atoms with van der Waals surface area (Å²) in [7, 11) is 0. The number of unbranched alkanes of at least 4 members (excludes halogenated alkanes) is 4. The first-order valence-electron chi connectivity index (χ1n) is 14.5. The van der Waals surface area contributed by atoms with Crippen LogP contribution in [0.25, 0.3) is 0 Å². The first-order valence-corrected chi connectivity index (χ1v) is 15.2. The van der Waals surface area contributed by atoms with Crippen molar-refractivity contribution in [2.24, 2.45) is 17.3 Å². The van der Waals surface area contributed by atoms with Gasteiger partial charge in [0, 0.05) is 25.2 Å². The van der Waals surface area contributed by atoms with Crippen molar-refractivity contribution in [2.45, 2.75) is 89.4 Å². The predicted octanol–water partition coefficient (Wildman–Crippen LogP) is 6.39. The third kappa shape index (κ3) is 7.77. The van der Waals surface area contributed by atoms with E-state index in [2.05, 4.69) is 17.6 Å². The maximum absolute atomic E-state index is 13.7. The molecule has 0 radical (unpaired) electrons. The van der Waals surface area contributed by atoms with Crippen LogP contribution in [0, 0.1) is 17.3 Å². The Morgan fingerprint density at radius 1 is 1.07 bits per heavy atom. The molecule has 0 spiro atoms. The number of benzene rings is 1. The summed E-state index contributed by atoms with van der Waals surface area (Å²) in [5.74, 6) is 0.369. The summed E-state index contributed by atoms with van der Waals surface area (Å²) in [6.45, 7) is 3.13. The summed E-state index contributed by atoms with van der Waals surface area (Å²) in [6, 6.07) is 3.29. The van der Waals surface area contributed by atoms with Crippen molar-refractivity contribution in [2.75, 3.05) is 26.2 Å². The molecule has 0 aromatic heterocycles. The zero-order valence-electron chi connectivity index (χ0n) is 23.0. The number of fused-ring (bicyclic) bond motifs is 1. The molecule has 2 N–H and O–H groups in total. The van der Waals surface area contributed by atoms with Gasteiger partial charge in [-0.1, -0.05) is 55.8 Å². The molecule has 1 aliphatic heterocycles. The van der Waals surface area contributed by atoms with Crippen LogP contribution in [0.15, 0.2) is 18.2 Å². The average Bonchev–Trinajstić information content (AvgIpc) is 3.42. The first kappa shape index (κ1) is 31.2. The molecule has 2 amide bonds. The maximum atomic E-state index is 13.7. The molecule has 1 aromatic rings. The van der Waals surface area contributed by atoms with E-state index in [0.29, 0.717) is 61.1 Å². The van der Waals surface area contributed by atoms with Gasteiger partial charge in [0.15, 0.2) is 6.61 Å². The second-order valence-electron chi connectivity index (χ2n) is 11.8. The Kier molecular flexibility index (Phi) is 10.5. The molecule has 224 valence electrons. The summed E-state index contributed by atoms with van der Waals surface area (Å²) >= 11 is 11.9. The van der Waals surface area contributed by atoms with Gasteiger partial charge in [0.25, 0.3) is 5.91 Å². The fourth-order valence-electron chi connectivity index (χ4n) is 6.65. The van der Waals surface area contributed by atoms with Crippen molar-refractivity contribution in [3.05, 3.63) is 28.2 Å². The third-order valence-corrected chi connectivity index (χ3v) is 9.57.